The van der Waals surface area contributed by atoms with Crippen LogP contribution in [-0.4, -0.2) is 92.1 Å². The van der Waals surface area contributed by atoms with Gasteiger partial charge in [-0.05, 0) is 77.0 Å². The van der Waals surface area contributed by atoms with Gasteiger partial charge in [-0.25, -0.2) is 14.6 Å². The molecule has 2 heterocycles. The molecule has 0 radical (unpaired) electrons. The summed E-state index contributed by atoms with van der Waals surface area (Å²) in [7, 11) is 1.70. The highest BCUT2D eigenvalue weighted by molar-refractivity contribution is 5.92. The van der Waals surface area contributed by atoms with Gasteiger partial charge in [-0.3, -0.25) is 14.6 Å². The molecule has 14 nitrogen and oxygen atoms in total. The van der Waals surface area contributed by atoms with Gasteiger partial charge in [0.15, 0.2) is 5.60 Å². The Morgan fingerprint density at radius 2 is 1.75 bits per heavy atom. The molecule has 3 atom stereocenters. The predicted octanol–water partition coefficient (Wildman–Crippen LogP) is 5.29. The Balaban J connectivity index is 0.000000383. The zero-order valence-corrected chi connectivity index (χ0v) is 30.1. The van der Waals surface area contributed by atoms with E-state index in [0.29, 0.717) is 18.0 Å². The van der Waals surface area contributed by atoms with Crippen molar-refractivity contribution < 1.29 is 54.1 Å². The third-order valence-electron chi connectivity index (χ3n) is 9.94. The summed E-state index contributed by atoms with van der Waals surface area (Å²) >= 11 is 0. The van der Waals surface area contributed by atoms with Crippen LogP contribution in [0.3, 0.4) is 0 Å². The van der Waals surface area contributed by atoms with Crippen molar-refractivity contribution in [3.63, 3.8) is 0 Å². The van der Waals surface area contributed by atoms with Crippen LogP contribution in [0.15, 0.2) is 42.1 Å². The van der Waals surface area contributed by atoms with Crippen LogP contribution in [-0.2, 0) is 28.9 Å². The molecule has 2 aromatic rings. The maximum atomic E-state index is 10.3. The second-order valence-electron chi connectivity index (χ2n) is 14.5. The van der Waals surface area contributed by atoms with Gasteiger partial charge in [-0.2, -0.15) is 0 Å². The van der Waals surface area contributed by atoms with E-state index in [2.05, 4.69) is 55.5 Å². The lowest BCUT2D eigenvalue weighted by atomic mass is 9.80. The van der Waals surface area contributed by atoms with E-state index in [9.17, 15) is 14.4 Å². The molecule has 3 aliphatic rings. The molecule has 1 saturated carbocycles. The number of aromatic nitrogens is 1. The summed E-state index contributed by atoms with van der Waals surface area (Å²) in [6.07, 6.45) is 9.77. The number of methoxy groups -OCH3 is 1. The molecule has 1 saturated heterocycles. The lowest BCUT2D eigenvalue weighted by Gasteiger charge is -2.51. The number of hydrogen-bond acceptors (Lipinski definition) is 11. The van der Waals surface area contributed by atoms with Crippen LogP contribution < -0.4 is 15.4 Å². The first-order valence-corrected chi connectivity index (χ1v) is 17.6. The number of carboxylic acid groups (broad SMARTS) is 3. The minimum Gasteiger partial charge on any atom is -0.497 e. The summed E-state index contributed by atoms with van der Waals surface area (Å²) in [4.78, 5) is 47.1. The molecule has 1 spiro atoms. The summed E-state index contributed by atoms with van der Waals surface area (Å²) in [5.74, 6) is -4.23. The lowest BCUT2D eigenvalue weighted by molar-refractivity contribution is -0.527. The molecule has 1 unspecified atom stereocenters. The number of carbonyl (C=O) groups is 3. The Morgan fingerprint density at radius 1 is 1.06 bits per heavy atom. The Morgan fingerprint density at radius 3 is 2.35 bits per heavy atom. The highest BCUT2D eigenvalue weighted by atomic mass is 17.2. The van der Waals surface area contributed by atoms with Crippen molar-refractivity contribution in [3.05, 3.63) is 42.1 Å². The van der Waals surface area contributed by atoms with Gasteiger partial charge in [0.25, 0.3) is 0 Å². The van der Waals surface area contributed by atoms with Gasteiger partial charge in [0, 0.05) is 42.6 Å². The van der Waals surface area contributed by atoms with Gasteiger partial charge in [0.05, 0.1) is 31.2 Å². The van der Waals surface area contributed by atoms with Crippen LogP contribution in [0.25, 0.3) is 10.9 Å². The van der Waals surface area contributed by atoms with Crippen molar-refractivity contribution in [1.82, 2.24) is 10.3 Å². The van der Waals surface area contributed by atoms with E-state index < -0.39 is 42.1 Å². The zero-order valence-electron chi connectivity index (χ0n) is 30.1. The van der Waals surface area contributed by atoms with Gasteiger partial charge in [-0.15, -0.1) is 0 Å². The second kappa shape index (κ2) is 17.1. The molecular weight excluding hydrogens is 662 g/mol. The van der Waals surface area contributed by atoms with E-state index in [4.69, 9.17) is 39.7 Å². The number of rotatable bonds is 14. The molecule has 1 aliphatic heterocycles. The first-order valence-electron chi connectivity index (χ1n) is 17.6. The molecular formula is C37H53N3O11. The average molecular weight is 716 g/mol. The molecule has 1 aromatic heterocycles. The van der Waals surface area contributed by atoms with E-state index in [1.165, 1.54) is 5.57 Å². The van der Waals surface area contributed by atoms with Crippen molar-refractivity contribution in [2.24, 2.45) is 5.92 Å². The van der Waals surface area contributed by atoms with Gasteiger partial charge in [0.2, 0.25) is 5.79 Å². The largest absolute Gasteiger partial charge is 0.497 e. The average Bonchev–Trinajstić information content (AvgIpc) is 3.07. The van der Waals surface area contributed by atoms with Crippen LogP contribution in [0, 0.1) is 5.92 Å². The third kappa shape index (κ3) is 10.6. The maximum Gasteiger partial charge on any atom is 0.336 e. The van der Waals surface area contributed by atoms with Crippen LogP contribution in [0.5, 0.6) is 5.75 Å². The van der Waals surface area contributed by atoms with E-state index in [-0.39, 0.29) is 11.7 Å². The van der Waals surface area contributed by atoms with Gasteiger partial charge in [0.1, 0.15) is 17.5 Å². The van der Waals surface area contributed by atoms with Crippen molar-refractivity contribution in [1.29, 1.82) is 0 Å². The fourth-order valence-electron chi connectivity index (χ4n) is 6.76. The highest BCUT2D eigenvalue weighted by Gasteiger charge is 2.52. The number of nitrogens with one attached hydrogen (secondary N) is 2. The number of benzene rings is 1. The van der Waals surface area contributed by atoms with Crippen LogP contribution in [0.2, 0.25) is 0 Å². The van der Waals surface area contributed by atoms with Gasteiger partial charge >= 0.3 is 17.9 Å². The number of hydrogen-bond donors (Lipinski definition) is 6. The fourth-order valence-corrected chi connectivity index (χ4v) is 6.76. The minimum atomic E-state index is -2.74. The maximum absolute atomic E-state index is 10.3. The number of carboxylic acids is 3. The molecule has 6 N–H and O–H groups in total. The number of allylic oxidation sites excluding steroid dienone is 1. The van der Waals surface area contributed by atoms with Crippen LogP contribution in [0.1, 0.15) is 91.9 Å². The van der Waals surface area contributed by atoms with Crippen LogP contribution >= 0.6 is 0 Å². The third-order valence-corrected chi connectivity index (χ3v) is 9.94. The van der Waals surface area contributed by atoms with Crippen LogP contribution in [0.4, 0.5) is 5.69 Å². The Kier molecular flexibility index (Phi) is 13.4. The van der Waals surface area contributed by atoms with Crippen molar-refractivity contribution in [2.45, 2.75) is 127 Å². The molecule has 5 rings (SSSR count). The standard InChI is InChI=1S/C31H45N3O4.C6H8O7/c1-21(2)23-10-13-30(4)28(19-23)36-31(38-37-30)14-11-25(12-15-31)32-16-6-8-22(3)34-27-20-26(35-5)18-24-9-7-17-33-29(24)27;7-3(8)1-6(13,5(11)12)2-4(9)10/h7,9,17-22,25,28,32,34H,6,8,10-16H2,1-5H3;13H,1-2H2,(H,7,8)(H,9,10)(H,11,12)/t22?,25?,28-,30+,31?;/m1./s1. The SMILES string of the molecule is COc1cc(NC(C)CCCNC2CCC3(CC2)OO[C@@]2(C)CCC(C(C)C)=C[C@H]2O3)c2ncccc2c1.O=C(O)CC(O)(CC(=O)O)C(=O)O. The number of aliphatic hydroxyl groups is 1. The molecule has 0 bridgehead atoms. The van der Waals surface area contributed by atoms with E-state index in [0.717, 1.165) is 80.3 Å². The first-order chi connectivity index (χ1) is 24.1. The number of ether oxygens (including phenoxy) is 2. The van der Waals surface area contributed by atoms with E-state index in [1.807, 2.05) is 24.4 Å². The summed E-state index contributed by atoms with van der Waals surface area (Å²) in [6, 6.07) is 8.92. The number of aliphatic carboxylic acids is 3. The molecule has 0 amide bonds. The highest BCUT2D eigenvalue weighted by Crippen LogP contribution is 2.46. The topological polar surface area (TPSA) is 206 Å². The summed E-state index contributed by atoms with van der Waals surface area (Å²) in [5.41, 5.74) is 0.365. The predicted molar refractivity (Wildman–Crippen MR) is 188 cm³/mol. The Hall–Kier alpha value is -3.82. The Bertz CT molecular complexity index is 1540. The summed E-state index contributed by atoms with van der Waals surface area (Å²) < 4.78 is 12.1. The lowest BCUT2D eigenvalue weighted by Crippen LogP contribution is -2.59. The molecule has 51 heavy (non-hydrogen) atoms. The second-order valence-corrected chi connectivity index (χ2v) is 14.5. The number of nitrogens with zero attached hydrogens (tertiary/aromatic N) is 1. The molecule has 1 aromatic carbocycles. The minimum absolute atomic E-state index is 0.0298. The summed E-state index contributed by atoms with van der Waals surface area (Å²) in [5, 5.41) is 42.3. The first kappa shape index (κ1) is 40.0. The fraction of sp³-hybridized carbons (Fsp3) is 0.622. The van der Waals surface area contributed by atoms with E-state index in [1.54, 1.807) is 7.11 Å². The molecule has 282 valence electrons. The number of anilines is 1. The molecule has 2 fully saturated rings. The van der Waals surface area contributed by atoms with Crippen molar-refractivity contribution >= 4 is 34.5 Å². The van der Waals surface area contributed by atoms with E-state index >= 15 is 0 Å². The van der Waals surface area contributed by atoms with Gasteiger partial charge < -0.3 is 40.5 Å². The molecule has 14 heteroatoms. The summed E-state index contributed by atoms with van der Waals surface area (Å²) in [6.45, 7) is 9.87. The van der Waals surface area contributed by atoms with Crippen molar-refractivity contribution in [3.8, 4) is 5.75 Å². The molecule has 2 aliphatic carbocycles. The quantitative estimate of drug-likeness (QED) is 0.0836. The van der Waals surface area contributed by atoms with Gasteiger partial charge in [-0.1, -0.05) is 31.6 Å². The number of fused-ring (bicyclic) bond motifs is 2. The smallest absolute Gasteiger partial charge is 0.336 e. The Labute approximate surface area is 298 Å². The normalized spacial score (nSPS) is 25.3. The zero-order chi connectivity index (χ0) is 37.4. The number of pyridine rings is 1. The monoisotopic (exact) mass is 715 g/mol. The van der Waals surface area contributed by atoms with Crippen molar-refractivity contribution in [2.75, 3.05) is 19.0 Å².